The maximum Gasteiger partial charge on any atom is 0.350 e. The van der Waals surface area contributed by atoms with Gasteiger partial charge in [0.1, 0.15) is 10.6 Å². The SMILES string of the molecule is CCOC(=O)c1sc(NC(=O)c2ccc(OCC(=O)N3C(C)CCCC3C)cc2)nc1-c1ccccc1. The third-order valence-electron chi connectivity index (χ3n) is 6.32. The van der Waals surface area contributed by atoms with Crippen molar-refractivity contribution in [2.75, 3.05) is 18.5 Å². The van der Waals surface area contributed by atoms with Gasteiger partial charge in [0.25, 0.3) is 11.8 Å². The number of aromatic nitrogens is 1. The molecule has 0 radical (unpaired) electrons. The number of hydrogen-bond donors (Lipinski definition) is 1. The van der Waals surface area contributed by atoms with Crippen molar-refractivity contribution >= 4 is 34.3 Å². The van der Waals surface area contributed by atoms with E-state index in [2.05, 4.69) is 24.1 Å². The van der Waals surface area contributed by atoms with E-state index in [1.54, 1.807) is 31.2 Å². The van der Waals surface area contributed by atoms with Gasteiger partial charge in [0.15, 0.2) is 11.7 Å². The van der Waals surface area contributed by atoms with Crippen molar-refractivity contribution in [1.29, 1.82) is 0 Å². The van der Waals surface area contributed by atoms with Gasteiger partial charge in [-0.15, -0.1) is 0 Å². The summed E-state index contributed by atoms with van der Waals surface area (Å²) in [5.41, 5.74) is 1.61. The predicted molar refractivity (Wildman–Crippen MR) is 143 cm³/mol. The second-order valence-corrected chi connectivity index (χ2v) is 9.98. The van der Waals surface area contributed by atoms with Gasteiger partial charge >= 0.3 is 5.97 Å². The Hall–Kier alpha value is -3.72. The Balaban J connectivity index is 1.41. The third-order valence-corrected chi connectivity index (χ3v) is 7.27. The predicted octanol–water partition coefficient (Wildman–Crippen LogP) is 5.41. The Labute approximate surface area is 220 Å². The van der Waals surface area contributed by atoms with Gasteiger partial charge in [-0.2, -0.15) is 0 Å². The first-order valence-corrected chi connectivity index (χ1v) is 13.3. The number of amides is 2. The molecule has 0 aliphatic carbocycles. The lowest BCUT2D eigenvalue weighted by molar-refractivity contribution is -0.139. The number of nitrogens with one attached hydrogen (secondary N) is 1. The van der Waals surface area contributed by atoms with Gasteiger partial charge < -0.3 is 14.4 Å². The van der Waals surface area contributed by atoms with E-state index in [0.717, 1.165) is 36.2 Å². The van der Waals surface area contributed by atoms with Gasteiger partial charge in [0.2, 0.25) is 0 Å². The van der Waals surface area contributed by atoms with Crippen LogP contribution in [-0.2, 0) is 9.53 Å². The second-order valence-electron chi connectivity index (χ2n) is 8.98. The number of carbonyl (C=O) groups excluding carboxylic acids is 3. The molecule has 8 nitrogen and oxygen atoms in total. The molecule has 0 spiro atoms. The summed E-state index contributed by atoms with van der Waals surface area (Å²) in [6, 6.07) is 16.3. The summed E-state index contributed by atoms with van der Waals surface area (Å²) < 4.78 is 10.9. The van der Waals surface area contributed by atoms with Crippen LogP contribution in [0.1, 0.15) is 60.1 Å². The van der Waals surface area contributed by atoms with Gasteiger partial charge in [-0.05, 0) is 64.3 Å². The highest BCUT2D eigenvalue weighted by atomic mass is 32.1. The molecule has 194 valence electrons. The highest BCUT2D eigenvalue weighted by molar-refractivity contribution is 7.18. The topological polar surface area (TPSA) is 97.8 Å². The smallest absolute Gasteiger partial charge is 0.350 e. The fourth-order valence-electron chi connectivity index (χ4n) is 4.50. The molecular weight excluding hydrogens is 490 g/mol. The molecule has 2 heterocycles. The van der Waals surface area contributed by atoms with Crippen LogP contribution in [0.5, 0.6) is 5.75 Å². The van der Waals surface area contributed by atoms with Crippen molar-refractivity contribution < 1.29 is 23.9 Å². The zero-order valence-electron chi connectivity index (χ0n) is 21.2. The number of hydrogen-bond acceptors (Lipinski definition) is 7. The molecule has 1 N–H and O–H groups in total. The number of nitrogens with zero attached hydrogens (tertiary/aromatic N) is 2. The third kappa shape index (κ3) is 6.35. The second kappa shape index (κ2) is 12.0. The molecular formula is C28H31N3O5S. The van der Waals surface area contributed by atoms with E-state index in [0.29, 0.717) is 27.0 Å². The average Bonchev–Trinajstić information content (AvgIpc) is 3.32. The highest BCUT2D eigenvalue weighted by Gasteiger charge is 2.29. The van der Waals surface area contributed by atoms with Gasteiger partial charge in [-0.25, -0.2) is 9.78 Å². The zero-order valence-corrected chi connectivity index (χ0v) is 22.0. The monoisotopic (exact) mass is 521 g/mol. The van der Waals surface area contributed by atoms with Crippen LogP contribution in [0.4, 0.5) is 5.13 Å². The molecule has 1 aromatic heterocycles. The molecule has 1 aliphatic heterocycles. The Kier molecular flexibility index (Phi) is 8.55. The van der Waals surface area contributed by atoms with E-state index in [1.807, 2.05) is 35.2 Å². The van der Waals surface area contributed by atoms with E-state index in [9.17, 15) is 14.4 Å². The van der Waals surface area contributed by atoms with Gasteiger partial charge in [-0.3, -0.25) is 14.9 Å². The van der Waals surface area contributed by atoms with Crippen LogP contribution >= 0.6 is 11.3 Å². The van der Waals surface area contributed by atoms with Crippen LogP contribution in [-0.4, -0.2) is 53.0 Å². The lowest BCUT2D eigenvalue weighted by Gasteiger charge is -2.38. The van der Waals surface area contributed by atoms with Gasteiger partial charge in [0.05, 0.1) is 12.3 Å². The number of thiazole rings is 1. The fraction of sp³-hybridized carbons (Fsp3) is 0.357. The Morgan fingerprint density at radius 1 is 1.03 bits per heavy atom. The van der Waals surface area contributed by atoms with Crippen molar-refractivity contribution in [3.8, 4) is 17.0 Å². The summed E-state index contributed by atoms with van der Waals surface area (Å²) in [7, 11) is 0. The summed E-state index contributed by atoms with van der Waals surface area (Å²) >= 11 is 1.07. The van der Waals surface area contributed by atoms with E-state index in [1.165, 1.54) is 0 Å². The Morgan fingerprint density at radius 2 is 1.70 bits per heavy atom. The van der Waals surface area contributed by atoms with Crippen LogP contribution in [0, 0.1) is 0 Å². The van der Waals surface area contributed by atoms with Crippen molar-refractivity contribution in [1.82, 2.24) is 9.88 Å². The van der Waals surface area contributed by atoms with Crippen molar-refractivity contribution in [3.63, 3.8) is 0 Å². The molecule has 1 fully saturated rings. The molecule has 2 aromatic carbocycles. The van der Waals surface area contributed by atoms with Gasteiger partial charge in [0, 0.05) is 23.2 Å². The molecule has 4 rings (SSSR count). The standard InChI is InChI=1S/C28H31N3O5S/c1-4-35-27(34)25-24(20-11-6-5-7-12-20)29-28(37-25)30-26(33)21-13-15-22(16-14-21)36-17-23(32)31-18(2)9-8-10-19(31)3/h5-7,11-16,18-19H,4,8-10,17H2,1-3H3,(H,29,30,33). The van der Waals surface area contributed by atoms with E-state index >= 15 is 0 Å². The van der Waals surface area contributed by atoms with Crippen LogP contribution in [0.3, 0.4) is 0 Å². The molecule has 0 bridgehead atoms. The fourth-order valence-corrected chi connectivity index (χ4v) is 5.38. The summed E-state index contributed by atoms with van der Waals surface area (Å²) in [4.78, 5) is 44.8. The van der Waals surface area contributed by atoms with E-state index in [-0.39, 0.29) is 37.1 Å². The molecule has 3 aromatic rings. The lowest BCUT2D eigenvalue weighted by Crippen LogP contribution is -2.49. The van der Waals surface area contributed by atoms with Crippen molar-refractivity contribution in [2.45, 2.75) is 52.1 Å². The first-order valence-electron chi connectivity index (χ1n) is 12.5. The molecule has 37 heavy (non-hydrogen) atoms. The van der Waals surface area contributed by atoms with E-state index in [4.69, 9.17) is 9.47 Å². The zero-order chi connectivity index (χ0) is 26.4. The van der Waals surface area contributed by atoms with Crippen LogP contribution < -0.4 is 10.1 Å². The van der Waals surface area contributed by atoms with Crippen LogP contribution in [0.25, 0.3) is 11.3 Å². The number of rotatable bonds is 8. The maximum atomic E-state index is 12.9. The molecule has 2 atom stereocenters. The summed E-state index contributed by atoms with van der Waals surface area (Å²) in [6.07, 6.45) is 3.15. The van der Waals surface area contributed by atoms with Gasteiger partial charge in [-0.1, -0.05) is 41.7 Å². The number of carbonyl (C=O) groups is 3. The summed E-state index contributed by atoms with van der Waals surface area (Å²) in [5, 5.41) is 3.06. The first kappa shape index (κ1) is 26.3. The van der Waals surface area contributed by atoms with Crippen LogP contribution in [0.15, 0.2) is 54.6 Å². The lowest BCUT2D eigenvalue weighted by atomic mass is 9.97. The maximum absolute atomic E-state index is 12.9. The quantitative estimate of drug-likeness (QED) is 0.398. The number of likely N-dealkylation sites (tertiary alicyclic amines) is 1. The number of ether oxygens (including phenoxy) is 2. The number of anilines is 1. The largest absolute Gasteiger partial charge is 0.484 e. The van der Waals surface area contributed by atoms with Crippen molar-refractivity contribution in [2.24, 2.45) is 0 Å². The number of esters is 1. The summed E-state index contributed by atoms with van der Waals surface area (Å²) in [5.74, 6) is -0.379. The van der Waals surface area contributed by atoms with Crippen LogP contribution in [0.2, 0.25) is 0 Å². The molecule has 9 heteroatoms. The first-order chi connectivity index (χ1) is 17.9. The minimum atomic E-state index is -0.483. The molecule has 2 unspecified atom stereocenters. The minimum Gasteiger partial charge on any atom is -0.484 e. The summed E-state index contributed by atoms with van der Waals surface area (Å²) in [6.45, 7) is 6.08. The normalized spacial score (nSPS) is 17.2. The van der Waals surface area contributed by atoms with E-state index < -0.39 is 5.97 Å². The van der Waals surface area contributed by atoms with Crippen molar-refractivity contribution in [3.05, 3.63) is 65.0 Å². The molecule has 1 saturated heterocycles. The molecule has 1 aliphatic rings. The molecule has 0 saturated carbocycles. The Bertz CT molecular complexity index is 1230. The number of benzene rings is 2. The number of piperidine rings is 1. The highest BCUT2D eigenvalue weighted by Crippen LogP contribution is 2.32. The average molecular weight is 522 g/mol. The Morgan fingerprint density at radius 3 is 2.35 bits per heavy atom. The minimum absolute atomic E-state index is 0.0306. The molecule has 2 amide bonds.